The lowest BCUT2D eigenvalue weighted by molar-refractivity contribution is -0.154. The van der Waals surface area contributed by atoms with Crippen molar-refractivity contribution in [2.24, 2.45) is 0 Å². The van der Waals surface area contributed by atoms with Gasteiger partial charge in [0.1, 0.15) is 12.2 Å². The molecule has 36 heavy (non-hydrogen) atoms. The second-order valence-corrected chi connectivity index (χ2v) is 9.90. The van der Waals surface area contributed by atoms with Crippen LogP contribution in [0.5, 0.6) is 0 Å². The van der Waals surface area contributed by atoms with Crippen LogP contribution in [0.2, 0.25) is 0 Å². The van der Waals surface area contributed by atoms with Gasteiger partial charge in [-0.15, -0.1) is 0 Å². The van der Waals surface area contributed by atoms with Crippen molar-refractivity contribution in [1.82, 2.24) is 4.90 Å². The number of methoxy groups -OCH3 is 1. The number of nitrogens with zero attached hydrogens (tertiary/aromatic N) is 1. The Kier molecular flexibility index (Phi) is 9.33. The van der Waals surface area contributed by atoms with Crippen molar-refractivity contribution in [3.05, 3.63) is 65.2 Å². The van der Waals surface area contributed by atoms with E-state index in [1.807, 2.05) is 63.2 Å². The first-order valence-electron chi connectivity index (χ1n) is 12.3. The zero-order chi connectivity index (χ0) is 26.1. The van der Waals surface area contributed by atoms with E-state index in [0.29, 0.717) is 30.8 Å². The van der Waals surface area contributed by atoms with Crippen LogP contribution in [0.15, 0.2) is 48.5 Å². The molecule has 8 nitrogen and oxygen atoms in total. The molecule has 1 aliphatic heterocycles. The van der Waals surface area contributed by atoms with Gasteiger partial charge in [0.15, 0.2) is 0 Å². The number of esters is 2. The van der Waals surface area contributed by atoms with Crippen LogP contribution in [0.1, 0.15) is 61.5 Å². The largest absolute Gasteiger partial charge is 0.465 e. The molecule has 0 saturated carbocycles. The van der Waals surface area contributed by atoms with E-state index in [1.165, 1.54) is 7.11 Å². The number of carbonyl (C=O) groups is 3. The zero-order valence-electron chi connectivity index (χ0n) is 21.5. The number of hydrogen-bond acceptors (Lipinski definition) is 7. The number of rotatable bonds is 8. The number of hydrogen-bond donors (Lipinski definition) is 1. The van der Waals surface area contributed by atoms with E-state index in [0.717, 1.165) is 24.0 Å². The summed E-state index contributed by atoms with van der Waals surface area (Å²) in [5.74, 6) is -0.725. The molecule has 1 heterocycles. The number of anilines is 1. The number of benzene rings is 2. The molecular weight excluding hydrogens is 460 g/mol. The minimum Gasteiger partial charge on any atom is -0.465 e. The van der Waals surface area contributed by atoms with Crippen molar-refractivity contribution in [3.63, 3.8) is 0 Å². The van der Waals surface area contributed by atoms with Crippen molar-refractivity contribution >= 4 is 23.7 Å². The Bertz CT molecular complexity index is 1040. The molecule has 0 atom stereocenters. The maximum absolute atomic E-state index is 12.5. The zero-order valence-corrected chi connectivity index (χ0v) is 21.5. The van der Waals surface area contributed by atoms with Crippen LogP contribution in [0.4, 0.5) is 10.5 Å². The van der Waals surface area contributed by atoms with E-state index in [1.54, 1.807) is 11.0 Å². The lowest BCUT2D eigenvalue weighted by Crippen LogP contribution is -2.42. The quantitative estimate of drug-likeness (QED) is 0.408. The average molecular weight is 497 g/mol. The molecule has 1 aliphatic rings. The molecule has 194 valence electrons. The summed E-state index contributed by atoms with van der Waals surface area (Å²) in [6, 6.07) is 15.2. The van der Waals surface area contributed by atoms with Crippen molar-refractivity contribution in [3.8, 4) is 0 Å². The second kappa shape index (κ2) is 12.4. The monoisotopic (exact) mass is 496 g/mol. The fourth-order valence-electron chi connectivity index (χ4n) is 4.03. The predicted octanol–water partition coefficient (Wildman–Crippen LogP) is 4.96. The minimum atomic E-state index is -0.532. The fourth-order valence-corrected chi connectivity index (χ4v) is 4.03. The first-order chi connectivity index (χ1) is 17.1. The van der Waals surface area contributed by atoms with Crippen LogP contribution < -0.4 is 5.32 Å². The molecule has 0 spiro atoms. The summed E-state index contributed by atoms with van der Waals surface area (Å²) in [4.78, 5) is 38.7. The van der Waals surface area contributed by atoms with Crippen molar-refractivity contribution in [1.29, 1.82) is 0 Å². The molecule has 3 rings (SSSR count). The van der Waals surface area contributed by atoms with Gasteiger partial charge in [-0.3, -0.25) is 4.79 Å². The van der Waals surface area contributed by atoms with Crippen LogP contribution >= 0.6 is 0 Å². The number of amides is 1. The second-order valence-electron chi connectivity index (χ2n) is 9.90. The Morgan fingerprint density at radius 3 is 2.33 bits per heavy atom. The van der Waals surface area contributed by atoms with Gasteiger partial charge < -0.3 is 24.4 Å². The number of ether oxygens (including phenoxy) is 3. The molecule has 2 aromatic rings. The van der Waals surface area contributed by atoms with Crippen LogP contribution in [-0.4, -0.2) is 54.8 Å². The van der Waals surface area contributed by atoms with E-state index in [4.69, 9.17) is 14.2 Å². The summed E-state index contributed by atoms with van der Waals surface area (Å²) in [5, 5.41) is 3.43. The molecular formula is C28H36N2O6. The first kappa shape index (κ1) is 27.0. The topological polar surface area (TPSA) is 94.2 Å². The molecule has 1 N–H and O–H groups in total. The lowest BCUT2D eigenvalue weighted by atomic mass is 10.0. The molecule has 0 aromatic heterocycles. The molecule has 8 heteroatoms. The minimum absolute atomic E-state index is 0.0965. The summed E-state index contributed by atoms with van der Waals surface area (Å²) in [6.45, 7) is 6.87. The smallest absolute Gasteiger partial charge is 0.410 e. The van der Waals surface area contributed by atoms with Gasteiger partial charge in [0.05, 0.1) is 12.7 Å². The third-order valence-corrected chi connectivity index (χ3v) is 5.85. The third-order valence-electron chi connectivity index (χ3n) is 5.85. The number of nitrogens with one attached hydrogen (secondary N) is 1. The Balaban J connectivity index is 1.54. The van der Waals surface area contributed by atoms with Crippen LogP contribution in [0, 0.1) is 0 Å². The highest BCUT2D eigenvalue weighted by Gasteiger charge is 2.25. The van der Waals surface area contributed by atoms with Gasteiger partial charge in [0, 0.05) is 31.2 Å². The number of piperidine rings is 1. The highest BCUT2D eigenvalue weighted by Crippen LogP contribution is 2.24. The first-order valence-corrected chi connectivity index (χ1v) is 12.3. The van der Waals surface area contributed by atoms with Gasteiger partial charge in [-0.1, -0.05) is 36.4 Å². The normalized spacial score (nSPS) is 14.2. The SMILES string of the molecule is COC(=O)c1cc(CCC(=O)OC(C)(C)C)ccc1NC1CCN(C(=O)OCc2ccccc2)CC1. The molecule has 0 radical (unpaired) electrons. The lowest BCUT2D eigenvalue weighted by Gasteiger charge is -2.32. The summed E-state index contributed by atoms with van der Waals surface area (Å²) >= 11 is 0. The highest BCUT2D eigenvalue weighted by atomic mass is 16.6. The predicted molar refractivity (Wildman–Crippen MR) is 137 cm³/mol. The van der Waals surface area contributed by atoms with E-state index < -0.39 is 11.6 Å². The van der Waals surface area contributed by atoms with Gasteiger partial charge >= 0.3 is 18.0 Å². The summed E-state index contributed by atoms with van der Waals surface area (Å²) in [5.41, 5.74) is 2.36. The molecule has 0 unspecified atom stereocenters. The Morgan fingerprint density at radius 1 is 1.00 bits per heavy atom. The van der Waals surface area contributed by atoms with Crippen LogP contribution in [0.3, 0.4) is 0 Å². The average Bonchev–Trinajstić information content (AvgIpc) is 2.86. The van der Waals surface area contributed by atoms with Crippen LogP contribution in [0.25, 0.3) is 0 Å². The molecule has 1 fully saturated rings. The van der Waals surface area contributed by atoms with Crippen LogP contribution in [-0.2, 0) is 32.0 Å². The van der Waals surface area contributed by atoms with E-state index in [-0.39, 0.29) is 31.1 Å². The van der Waals surface area contributed by atoms with Gasteiger partial charge in [0.25, 0.3) is 0 Å². The molecule has 0 aliphatic carbocycles. The molecule has 1 amide bonds. The van der Waals surface area contributed by atoms with Gasteiger partial charge in [-0.05, 0) is 63.3 Å². The maximum atomic E-state index is 12.5. The third kappa shape index (κ3) is 8.29. The van der Waals surface area contributed by atoms with E-state index in [2.05, 4.69) is 5.32 Å². The Hall–Kier alpha value is -3.55. The molecule has 1 saturated heterocycles. The summed E-state index contributed by atoms with van der Waals surface area (Å²) in [6.07, 6.45) is 1.82. The number of carbonyl (C=O) groups excluding carboxylic acids is 3. The van der Waals surface area contributed by atoms with Gasteiger partial charge in [-0.25, -0.2) is 9.59 Å². The van der Waals surface area contributed by atoms with Gasteiger partial charge in [-0.2, -0.15) is 0 Å². The standard InChI is InChI=1S/C28H36N2O6/c1-28(2,3)36-25(31)13-11-20-10-12-24(23(18-20)26(32)34-4)29-22-14-16-30(17-15-22)27(33)35-19-21-8-6-5-7-9-21/h5-10,12,18,22,29H,11,13-17,19H2,1-4H3. The van der Waals surface area contributed by atoms with Crippen molar-refractivity contribution in [2.75, 3.05) is 25.5 Å². The fraction of sp³-hybridized carbons (Fsp3) is 0.464. The molecule has 2 aromatic carbocycles. The Morgan fingerprint density at radius 2 is 1.69 bits per heavy atom. The summed E-state index contributed by atoms with van der Waals surface area (Å²) < 4.78 is 15.8. The van der Waals surface area contributed by atoms with E-state index >= 15 is 0 Å². The number of aryl methyl sites for hydroxylation is 1. The van der Waals surface area contributed by atoms with E-state index in [9.17, 15) is 14.4 Å². The number of likely N-dealkylation sites (tertiary alicyclic amines) is 1. The van der Waals surface area contributed by atoms with Crippen molar-refractivity contribution < 1.29 is 28.6 Å². The molecule has 0 bridgehead atoms. The highest BCUT2D eigenvalue weighted by molar-refractivity contribution is 5.96. The van der Waals surface area contributed by atoms with Crippen molar-refractivity contribution in [2.45, 2.75) is 64.7 Å². The maximum Gasteiger partial charge on any atom is 0.410 e. The van der Waals surface area contributed by atoms with Gasteiger partial charge in [0.2, 0.25) is 0 Å². The Labute approximate surface area is 212 Å². The summed E-state index contributed by atoms with van der Waals surface area (Å²) in [7, 11) is 1.35.